The molecule has 25 heavy (non-hydrogen) atoms. The Morgan fingerprint density at radius 1 is 1.40 bits per heavy atom. The van der Waals surface area contributed by atoms with Crippen molar-refractivity contribution in [3.63, 3.8) is 0 Å². The van der Waals surface area contributed by atoms with Gasteiger partial charge in [0.1, 0.15) is 9.50 Å². The standard InChI is InChI=1S/C14H10BrClN6O3/c15-10-11(18-19-13(10)22(24)25)14(23)17-12-9(16)7-21(20-12)6-8-4-2-1-3-5-8/h1-5,7H,6H2,(H,18,19)(H,17,20,23). The minimum absolute atomic E-state index is 0.0464. The molecule has 0 aliphatic heterocycles. The number of nitro groups is 1. The van der Waals surface area contributed by atoms with Crippen LogP contribution in [0.5, 0.6) is 0 Å². The van der Waals surface area contributed by atoms with Gasteiger partial charge < -0.3 is 15.4 Å². The maximum Gasteiger partial charge on any atom is 0.357 e. The van der Waals surface area contributed by atoms with Gasteiger partial charge in [0.2, 0.25) is 0 Å². The molecule has 1 amide bonds. The van der Waals surface area contributed by atoms with Gasteiger partial charge in [-0.3, -0.25) is 9.48 Å². The lowest BCUT2D eigenvalue weighted by Crippen LogP contribution is -2.14. The number of carbonyl (C=O) groups excluding carboxylic acids is 1. The third-order valence-electron chi connectivity index (χ3n) is 3.22. The highest BCUT2D eigenvalue weighted by Crippen LogP contribution is 2.27. The summed E-state index contributed by atoms with van der Waals surface area (Å²) in [7, 11) is 0. The van der Waals surface area contributed by atoms with Gasteiger partial charge in [0, 0.05) is 6.20 Å². The Labute approximate surface area is 154 Å². The summed E-state index contributed by atoms with van der Waals surface area (Å²) in [4.78, 5) is 22.3. The summed E-state index contributed by atoms with van der Waals surface area (Å²) in [6.07, 6.45) is 1.58. The van der Waals surface area contributed by atoms with E-state index in [-0.39, 0.29) is 21.0 Å². The quantitative estimate of drug-likeness (QED) is 0.480. The normalized spacial score (nSPS) is 10.6. The first kappa shape index (κ1) is 17.1. The van der Waals surface area contributed by atoms with Gasteiger partial charge in [-0.2, -0.15) is 5.10 Å². The Kier molecular flexibility index (Phi) is 4.81. The van der Waals surface area contributed by atoms with Crippen LogP contribution in [0.3, 0.4) is 0 Å². The molecule has 3 aromatic rings. The first-order valence-corrected chi connectivity index (χ1v) is 8.09. The fourth-order valence-electron chi connectivity index (χ4n) is 2.09. The zero-order valence-electron chi connectivity index (χ0n) is 12.4. The van der Waals surface area contributed by atoms with Gasteiger partial charge in [-0.05, 0) is 26.4 Å². The van der Waals surface area contributed by atoms with E-state index >= 15 is 0 Å². The first-order valence-electron chi connectivity index (χ1n) is 6.92. The maximum absolute atomic E-state index is 12.2. The summed E-state index contributed by atoms with van der Waals surface area (Å²) < 4.78 is 1.53. The largest absolute Gasteiger partial charge is 0.358 e. The van der Waals surface area contributed by atoms with Crippen LogP contribution in [0, 0.1) is 10.1 Å². The third kappa shape index (κ3) is 3.69. The number of halogens is 2. The van der Waals surface area contributed by atoms with Crippen molar-refractivity contribution in [2.75, 3.05) is 5.32 Å². The van der Waals surface area contributed by atoms with Crippen molar-refractivity contribution in [1.29, 1.82) is 0 Å². The zero-order chi connectivity index (χ0) is 18.0. The molecule has 2 aromatic heterocycles. The Balaban J connectivity index is 1.77. The van der Waals surface area contributed by atoms with Gasteiger partial charge in [0.25, 0.3) is 5.91 Å². The maximum atomic E-state index is 12.2. The number of carbonyl (C=O) groups is 1. The average Bonchev–Trinajstić information content (AvgIpc) is 3.11. The van der Waals surface area contributed by atoms with Crippen LogP contribution in [0.1, 0.15) is 16.1 Å². The van der Waals surface area contributed by atoms with Crippen molar-refractivity contribution in [2.24, 2.45) is 0 Å². The van der Waals surface area contributed by atoms with Crippen molar-refractivity contribution in [3.8, 4) is 0 Å². The second-order valence-electron chi connectivity index (χ2n) is 4.95. The Morgan fingerprint density at radius 3 is 2.76 bits per heavy atom. The van der Waals surface area contributed by atoms with Crippen molar-refractivity contribution in [3.05, 3.63) is 67.4 Å². The van der Waals surface area contributed by atoms with E-state index in [2.05, 4.69) is 36.5 Å². The van der Waals surface area contributed by atoms with Gasteiger partial charge in [-0.25, -0.2) is 0 Å². The zero-order valence-corrected chi connectivity index (χ0v) is 14.8. The second kappa shape index (κ2) is 7.03. The van der Waals surface area contributed by atoms with Crippen molar-refractivity contribution in [2.45, 2.75) is 6.54 Å². The van der Waals surface area contributed by atoms with Crippen LogP contribution in [0.2, 0.25) is 5.02 Å². The lowest BCUT2D eigenvalue weighted by atomic mass is 10.2. The van der Waals surface area contributed by atoms with Crippen LogP contribution in [-0.4, -0.2) is 30.8 Å². The Morgan fingerprint density at radius 2 is 2.12 bits per heavy atom. The van der Waals surface area contributed by atoms with Crippen LogP contribution in [-0.2, 0) is 6.54 Å². The Hall–Kier alpha value is -2.72. The lowest BCUT2D eigenvalue weighted by Gasteiger charge is -2.01. The summed E-state index contributed by atoms with van der Waals surface area (Å²) in [6, 6.07) is 9.60. The molecule has 0 bridgehead atoms. The molecule has 2 heterocycles. The van der Waals surface area contributed by atoms with Gasteiger partial charge in [-0.1, -0.05) is 47.0 Å². The fraction of sp³-hybridized carbons (Fsp3) is 0.0714. The predicted molar refractivity (Wildman–Crippen MR) is 93.7 cm³/mol. The van der Waals surface area contributed by atoms with Gasteiger partial charge in [0.05, 0.1) is 6.54 Å². The third-order valence-corrected chi connectivity index (χ3v) is 4.25. The number of H-pyrrole nitrogens is 1. The topological polar surface area (TPSA) is 119 Å². The number of hydrogen-bond acceptors (Lipinski definition) is 5. The molecule has 0 aliphatic rings. The highest BCUT2D eigenvalue weighted by molar-refractivity contribution is 9.10. The fourth-order valence-corrected chi connectivity index (χ4v) is 2.79. The molecule has 0 saturated carbocycles. The molecule has 0 spiro atoms. The monoisotopic (exact) mass is 424 g/mol. The molecule has 0 fully saturated rings. The van der Waals surface area contributed by atoms with Crippen LogP contribution in [0.15, 0.2) is 41.0 Å². The van der Waals surface area contributed by atoms with Crippen LogP contribution in [0.4, 0.5) is 11.6 Å². The Bertz CT molecular complexity index is 939. The summed E-state index contributed by atoms with van der Waals surface area (Å²) in [5.74, 6) is -0.950. The van der Waals surface area contributed by atoms with E-state index in [1.807, 2.05) is 30.3 Å². The van der Waals surface area contributed by atoms with Crippen molar-refractivity contribution in [1.82, 2.24) is 20.0 Å². The summed E-state index contributed by atoms with van der Waals surface area (Å²) in [5, 5.41) is 23.5. The van der Waals surface area contributed by atoms with E-state index in [0.29, 0.717) is 6.54 Å². The molecule has 0 atom stereocenters. The predicted octanol–water partition coefficient (Wildman–Crippen LogP) is 3.23. The number of rotatable bonds is 5. The van der Waals surface area contributed by atoms with Gasteiger partial charge >= 0.3 is 5.82 Å². The average molecular weight is 426 g/mol. The number of aromatic nitrogens is 4. The molecule has 0 aliphatic carbocycles. The molecule has 11 heteroatoms. The number of benzene rings is 1. The molecule has 2 N–H and O–H groups in total. The molecule has 0 unspecified atom stereocenters. The number of aromatic amines is 1. The molecular formula is C14H10BrClN6O3. The molecular weight excluding hydrogens is 416 g/mol. The van der Waals surface area contributed by atoms with Crippen molar-refractivity contribution < 1.29 is 9.72 Å². The highest BCUT2D eigenvalue weighted by atomic mass is 79.9. The molecule has 3 rings (SSSR count). The summed E-state index contributed by atoms with van der Waals surface area (Å²) in [6.45, 7) is 0.480. The molecule has 0 saturated heterocycles. The SMILES string of the molecule is O=C(Nc1nn(Cc2ccccc2)cc1Cl)c1n[nH]c([N+](=O)[O-])c1Br. The first-order chi connectivity index (χ1) is 12.0. The summed E-state index contributed by atoms with van der Waals surface area (Å²) >= 11 is 9.07. The molecule has 128 valence electrons. The number of nitrogens with zero attached hydrogens (tertiary/aromatic N) is 4. The summed E-state index contributed by atoms with van der Waals surface area (Å²) in [5.41, 5.74) is 0.852. The molecule has 1 aromatic carbocycles. The molecule has 9 nitrogen and oxygen atoms in total. The highest BCUT2D eigenvalue weighted by Gasteiger charge is 2.25. The van der Waals surface area contributed by atoms with E-state index in [1.54, 1.807) is 10.9 Å². The minimum Gasteiger partial charge on any atom is -0.358 e. The minimum atomic E-state index is -0.685. The number of nitrogens with one attached hydrogen (secondary N) is 2. The van der Waals surface area contributed by atoms with Crippen LogP contribution in [0.25, 0.3) is 0 Å². The van der Waals surface area contributed by atoms with Gasteiger partial charge in [0.15, 0.2) is 11.5 Å². The van der Waals surface area contributed by atoms with E-state index < -0.39 is 16.6 Å². The van der Waals surface area contributed by atoms with E-state index in [9.17, 15) is 14.9 Å². The van der Waals surface area contributed by atoms with Crippen molar-refractivity contribution >= 4 is 45.1 Å². The molecule has 0 radical (unpaired) electrons. The van der Waals surface area contributed by atoms with E-state index in [4.69, 9.17) is 11.6 Å². The number of hydrogen-bond donors (Lipinski definition) is 2. The van der Waals surface area contributed by atoms with Crippen LogP contribution >= 0.6 is 27.5 Å². The van der Waals surface area contributed by atoms with Gasteiger partial charge in [-0.15, -0.1) is 5.10 Å². The van der Waals surface area contributed by atoms with E-state index in [0.717, 1.165) is 5.56 Å². The van der Waals surface area contributed by atoms with Crippen LogP contribution < -0.4 is 5.32 Å². The van der Waals surface area contributed by atoms with E-state index in [1.165, 1.54) is 0 Å². The second-order valence-corrected chi connectivity index (χ2v) is 6.16. The lowest BCUT2D eigenvalue weighted by molar-refractivity contribution is -0.390. The number of anilines is 1. The smallest absolute Gasteiger partial charge is 0.357 e. The number of amides is 1.